The van der Waals surface area contributed by atoms with Crippen molar-refractivity contribution in [2.45, 2.75) is 32.2 Å². The SMILES string of the molecule is Cc1cn2c(n1)C(CNc1ncnc(N)c1Cl)CCC2. The smallest absolute Gasteiger partial charge is 0.150 e. The molecule has 1 aliphatic heterocycles. The quantitative estimate of drug-likeness (QED) is 0.906. The maximum absolute atomic E-state index is 6.08. The van der Waals surface area contributed by atoms with Crippen molar-refractivity contribution in [2.24, 2.45) is 0 Å². The molecule has 0 aromatic carbocycles. The lowest BCUT2D eigenvalue weighted by Crippen LogP contribution is -2.22. The van der Waals surface area contributed by atoms with Crippen molar-refractivity contribution in [3.63, 3.8) is 0 Å². The first-order valence-electron chi connectivity index (χ1n) is 6.68. The number of halogens is 1. The molecule has 1 atom stereocenters. The van der Waals surface area contributed by atoms with E-state index in [9.17, 15) is 0 Å². The predicted molar refractivity (Wildman–Crippen MR) is 78.9 cm³/mol. The summed E-state index contributed by atoms with van der Waals surface area (Å²) in [5.74, 6) is 2.38. The molecule has 1 unspecified atom stereocenters. The summed E-state index contributed by atoms with van der Waals surface area (Å²) in [5.41, 5.74) is 6.74. The Morgan fingerprint density at radius 1 is 1.50 bits per heavy atom. The molecule has 0 amide bonds. The average Bonchev–Trinajstić information content (AvgIpc) is 2.81. The standard InChI is InChI=1S/C13H17ClN6/c1-8-6-20-4-2-3-9(13(20)19-8)5-16-12-10(14)11(15)17-7-18-12/h6-7,9H,2-5H2,1H3,(H3,15,16,17,18). The highest BCUT2D eigenvalue weighted by molar-refractivity contribution is 6.35. The largest absolute Gasteiger partial charge is 0.382 e. The van der Waals surface area contributed by atoms with Crippen LogP contribution < -0.4 is 11.1 Å². The minimum atomic E-state index is 0.296. The molecular weight excluding hydrogens is 276 g/mol. The highest BCUT2D eigenvalue weighted by Gasteiger charge is 2.22. The zero-order chi connectivity index (χ0) is 14.1. The van der Waals surface area contributed by atoms with E-state index in [0.29, 0.717) is 22.6 Å². The van der Waals surface area contributed by atoms with Crippen molar-refractivity contribution in [3.05, 3.63) is 29.1 Å². The predicted octanol–water partition coefficient (Wildman–Crippen LogP) is 2.21. The Bertz CT molecular complexity index is 623. The fraction of sp³-hybridized carbons (Fsp3) is 0.462. The van der Waals surface area contributed by atoms with Gasteiger partial charge in [-0.1, -0.05) is 11.6 Å². The second-order valence-corrected chi connectivity index (χ2v) is 5.45. The lowest BCUT2D eigenvalue weighted by atomic mass is 9.99. The summed E-state index contributed by atoms with van der Waals surface area (Å²) in [6.07, 6.45) is 5.79. The molecule has 6 nitrogen and oxygen atoms in total. The summed E-state index contributed by atoms with van der Waals surface area (Å²) < 4.78 is 2.24. The fourth-order valence-corrected chi connectivity index (χ4v) is 2.79. The zero-order valence-corrected chi connectivity index (χ0v) is 12.1. The molecule has 0 saturated carbocycles. The summed E-state index contributed by atoms with van der Waals surface area (Å²) in [6.45, 7) is 3.82. The molecule has 7 heteroatoms. The molecule has 0 fully saturated rings. The van der Waals surface area contributed by atoms with E-state index in [4.69, 9.17) is 17.3 Å². The van der Waals surface area contributed by atoms with Crippen LogP contribution in [-0.4, -0.2) is 26.1 Å². The molecule has 0 radical (unpaired) electrons. The van der Waals surface area contributed by atoms with Gasteiger partial charge in [-0.05, 0) is 19.8 Å². The maximum atomic E-state index is 6.08. The van der Waals surface area contributed by atoms with Gasteiger partial charge in [0.2, 0.25) is 0 Å². The monoisotopic (exact) mass is 292 g/mol. The minimum Gasteiger partial charge on any atom is -0.382 e. The van der Waals surface area contributed by atoms with E-state index in [1.807, 2.05) is 6.92 Å². The number of imidazole rings is 1. The summed E-state index contributed by atoms with van der Waals surface area (Å²) in [4.78, 5) is 12.6. The third kappa shape index (κ3) is 2.43. The Morgan fingerprint density at radius 3 is 3.20 bits per heavy atom. The van der Waals surface area contributed by atoms with Gasteiger partial charge in [-0.2, -0.15) is 0 Å². The number of hydrogen-bond acceptors (Lipinski definition) is 5. The molecule has 3 rings (SSSR count). The molecule has 3 N–H and O–H groups in total. The molecule has 3 heterocycles. The normalized spacial score (nSPS) is 17.8. The molecule has 2 aromatic heterocycles. The lowest BCUT2D eigenvalue weighted by molar-refractivity contribution is 0.454. The first-order valence-corrected chi connectivity index (χ1v) is 7.06. The zero-order valence-electron chi connectivity index (χ0n) is 11.3. The maximum Gasteiger partial charge on any atom is 0.150 e. The molecular formula is C13H17ClN6. The summed E-state index contributed by atoms with van der Waals surface area (Å²) in [7, 11) is 0. The summed E-state index contributed by atoms with van der Waals surface area (Å²) in [6, 6.07) is 0. The van der Waals surface area contributed by atoms with Crippen LogP contribution in [0, 0.1) is 6.92 Å². The summed E-state index contributed by atoms with van der Waals surface area (Å²) in [5, 5.41) is 3.63. The average molecular weight is 293 g/mol. The number of nitrogen functional groups attached to an aromatic ring is 1. The second-order valence-electron chi connectivity index (χ2n) is 5.08. The number of fused-ring (bicyclic) bond motifs is 1. The van der Waals surface area contributed by atoms with Crippen LogP contribution in [0.25, 0.3) is 0 Å². The van der Waals surface area contributed by atoms with Crippen molar-refractivity contribution in [2.75, 3.05) is 17.6 Å². The van der Waals surface area contributed by atoms with Crippen LogP contribution in [0.3, 0.4) is 0 Å². The van der Waals surface area contributed by atoms with E-state index < -0.39 is 0 Å². The van der Waals surface area contributed by atoms with Gasteiger partial charge in [-0.25, -0.2) is 15.0 Å². The topological polar surface area (TPSA) is 81.7 Å². The van der Waals surface area contributed by atoms with Crippen LogP contribution in [0.2, 0.25) is 5.02 Å². The van der Waals surface area contributed by atoms with Gasteiger partial charge in [0.25, 0.3) is 0 Å². The van der Waals surface area contributed by atoms with Crippen LogP contribution >= 0.6 is 11.6 Å². The first kappa shape index (κ1) is 13.2. The van der Waals surface area contributed by atoms with E-state index in [2.05, 4.69) is 31.0 Å². The number of aryl methyl sites for hydroxylation is 2. The van der Waals surface area contributed by atoms with Crippen molar-refractivity contribution in [3.8, 4) is 0 Å². The van der Waals surface area contributed by atoms with E-state index in [0.717, 1.165) is 37.4 Å². The van der Waals surface area contributed by atoms with Crippen molar-refractivity contribution < 1.29 is 0 Å². The Hall–Kier alpha value is -1.82. The number of nitrogens with zero attached hydrogens (tertiary/aromatic N) is 4. The van der Waals surface area contributed by atoms with E-state index >= 15 is 0 Å². The fourth-order valence-electron chi connectivity index (χ4n) is 2.63. The number of aromatic nitrogens is 4. The van der Waals surface area contributed by atoms with E-state index in [1.54, 1.807) is 0 Å². The van der Waals surface area contributed by atoms with Gasteiger partial charge in [0, 0.05) is 25.2 Å². The number of nitrogens with one attached hydrogen (secondary N) is 1. The van der Waals surface area contributed by atoms with Crippen LogP contribution in [0.5, 0.6) is 0 Å². The van der Waals surface area contributed by atoms with Crippen LogP contribution in [0.1, 0.15) is 30.3 Å². The number of rotatable bonds is 3. The molecule has 0 bridgehead atoms. The third-order valence-corrected chi connectivity index (χ3v) is 3.95. The number of nitrogens with two attached hydrogens (primary N) is 1. The number of anilines is 2. The van der Waals surface area contributed by atoms with Gasteiger partial charge >= 0.3 is 0 Å². The molecule has 1 aliphatic rings. The second kappa shape index (κ2) is 5.28. The van der Waals surface area contributed by atoms with Gasteiger partial charge in [0.05, 0.1) is 5.69 Å². The molecule has 106 valence electrons. The molecule has 2 aromatic rings. The first-order chi connectivity index (χ1) is 9.65. The van der Waals surface area contributed by atoms with Crippen LogP contribution in [0.4, 0.5) is 11.6 Å². The van der Waals surface area contributed by atoms with Gasteiger partial charge in [0.15, 0.2) is 0 Å². The van der Waals surface area contributed by atoms with Crippen LogP contribution in [-0.2, 0) is 6.54 Å². The van der Waals surface area contributed by atoms with E-state index in [1.165, 1.54) is 6.33 Å². The molecule has 0 saturated heterocycles. The molecule has 0 spiro atoms. The van der Waals surface area contributed by atoms with Gasteiger partial charge < -0.3 is 15.6 Å². The van der Waals surface area contributed by atoms with E-state index in [-0.39, 0.29) is 0 Å². The molecule has 20 heavy (non-hydrogen) atoms. The Labute approximate surface area is 122 Å². The Balaban J connectivity index is 1.75. The summed E-state index contributed by atoms with van der Waals surface area (Å²) >= 11 is 6.08. The number of hydrogen-bond donors (Lipinski definition) is 2. The lowest BCUT2D eigenvalue weighted by Gasteiger charge is -2.23. The van der Waals surface area contributed by atoms with Gasteiger partial charge in [-0.15, -0.1) is 0 Å². The molecule has 0 aliphatic carbocycles. The third-order valence-electron chi connectivity index (χ3n) is 3.58. The van der Waals surface area contributed by atoms with Gasteiger partial charge in [0.1, 0.15) is 28.8 Å². The van der Waals surface area contributed by atoms with Crippen molar-refractivity contribution in [1.29, 1.82) is 0 Å². The van der Waals surface area contributed by atoms with Gasteiger partial charge in [-0.3, -0.25) is 0 Å². The Morgan fingerprint density at radius 2 is 2.35 bits per heavy atom. The van der Waals surface area contributed by atoms with Crippen LogP contribution in [0.15, 0.2) is 12.5 Å². The highest BCUT2D eigenvalue weighted by atomic mass is 35.5. The van der Waals surface area contributed by atoms with Crippen molar-refractivity contribution in [1.82, 2.24) is 19.5 Å². The Kier molecular flexibility index (Phi) is 3.48. The minimum absolute atomic E-state index is 0.296. The highest BCUT2D eigenvalue weighted by Crippen LogP contribution is 2.28. The van der Waals surface area contributed by atoms with Crippen molar-refractivity contribution >= 4 is 23.2 Å².